The van der Waals surface area contributed by atoms with Crippen LogP contribution in [0.2, 0.25) is 0 Å². The highest BCUT2D eigenvalue weighted by Gasteiger charge is 2.16. The first-order chi connectivity index (χ1) is 12.1. The second-order valence-electron chi connectivity index (χ2n) is 5.45. The van der Waals surface area contributed by atoms with E-state index in [1.165, 1.54) is 12.2 Å². The topological polar surface area (TPSA) is 66.9 Å². The van der Waals surface area contributed by atoms with Crippen LogP contribution in [0, 0.1) is 33.3 Å². The Morgan fingerprint density at radius 1 is 1.36 bits per heavy atom. The van der Waals surface area contributed by atoms with Crippen molar-refractivity contribution in [1.82, 2.24) is 0 Å². The monoisotopic (exact) mass is 330 g/mol. The van der Waals surface area contributed by atoms with E-state index in [9.17, 15) is 10.1 Å². The molecule has 0 unspecified atom stereocenters. The molecule has 1 aliphatic carbocycles. The van der Waals surface area contributed by atoms with E-state index >= 15 is 0 Å². The third-order valence-electron chi connectivity index (χ3n) is 3.79. The summed E-state index contributed by atoms with van der Waals surface area (Å²) >= 11 is 0. The minimum absolute atomic E-state index is 0.0242. The normalized spacial score (nSPS) is 20.4. The van der Waals surface area contributed by atoms with Crippen LogP contribution in [0.15, 0.2) is 53.8 Å². The second kappa shape index (κ2) is 8.47. The van der Waals surface area contributed by atoms with E-state index in [2.05, 4.69) is 17.9 Å². The average molecular weight is 330 g/mol. The standard InChI is InChI=1S/C21H18N2O2/c1-3-7-17-13-16(15-22)11-12-21(17)20-10-6-5-9-19(23(24)25)14-18(20)8-4-2/h3,5,7,9,11-14H,6,10H2,1-2H3/b7-3+,9-5-,19-14+,20-18+. The van der Waals surface area contributed by atoms with Gasteiger partial charge >= 0.3 is 0 Å². The van der Waals surface area contributed by atoms with Crippen LogP contribution in [-0.2, 0) is 0 Å². The molecular formula is C21H18N2O2. The van der Waals surface area contributed by atoms with E-state index in [-0.39, 0.29) is 5.70 Å². The molecule has 25 heavy (non-hydrogen) atoms. The Morgan fingerprint density at radius 2 is 2.16 bits per heavy atom. The van der Waals surface area contributed by atoms with Gasteiger partial charge in [-0.05, 0) is 55.5 Å². The van der Waals surface area contributed by atoms with Crippen molar-refractivity contribution < 1.29 is 4.92 Å². The molecule has 0 spiro atoms. The van der Waals surface area contributed by atoms with Crippen molar-refractivity contribution in [1.29, 1.82) is 5.26 Å². The first-order valence-electron chi connectivity index (χ1n) is 7.96. The van der Waals surface area contributed by atoms with Crippen molar-refractivity contribution in [2.24, 2.45) is 0 Å². The molecule has 0 bridgehead atoms. The van der Waals surface area contributed by atoms with Gasteiger partial charge in [-0.3, -0.25) is 10.1 Å². The Hall–Kier alpha value is -3.37. The molecule has 0 aromatic heterocycles. The van der Waals surface area contributed by atoms with E-state index in [1.54, 1.807) is 13.0 Å². The van der Waals surface area contributed by atoms with Gasteiger partial charge in [0.1, 0.15) is 0 Å². The molecule has 0 radical (unpaired) electrons. The molecule has 0 saturated carbocycles. The Morgan fingerprint density at radius 3 is 2.80 bits per heavy atom. The molecule has 0 fully saturated rings. The van der Waals surface area contributed by atoms with Gasteiger partial charge in [-0.1, -0.05) is 30.2 Å². The number of allylic oxidation sites excluding steroid dienone is 6. The Balaban J connectivity index is 2.76. The summed E-state index contributed by atoms with van der Waals surface area (Å²) in [5.74, 6) is 5.86. The highest BCUT2D eigenvalue weighted by molar-refractivity contribution is 5.81. The molecule has 0 atom stereocenters. The van der Waals surface area contributed by atoms with Crippen LogP contribution < -0.4 is 0 Å². The molecule has 1 aromatic carbocycles. The summed E-state index contributed by atoms with van der Waals surface area (Å²) in [6, 6.07) is 7.63. The van der Waals surface area contributed by atoms with Crippen LogP contribution in [0.5, 0.6) is 0 Å². The predicted molar refractivity (Wildman–Crippen MR) is 99.7 cm³/mol. The Labute approximate surface area is 147 Å². The van der Waals surface area contributed by atoms with Gasteiger partial charge < -0.3 is 0 Å². The van der Waals surface area contributed by atoms with E-state index in [0.717, 1.165) is 23.1 Å². The first kappa shape index (κ1) is 18.0. The molecular weight excluding hydrogens is 312 g/mol. The zero-order chi connectivity index (χ0) is 18.2. The highest BCUT2D eigenvalue weighted by atomic mass is 16.6. The van der Waals surface area contributed by atoms with Crippen LogP contribution in [0.25, 0.3) is 11.6 Å². The zero-order valence-corrected chi connectivity index (χ0v) is 14.2. The summed E-state index contributed by atoms with van der Waals surface area (Å²) in [6.07, 6.45) is 10.1. The van der Waals surface area contributed by atoms with Gasteiger partial charge in [0.15, 0.2) is 0 Å². The summed E-state index contributed by atoms with van der Waals surface area (Å²) in [4.78, 5) is 10.8. The number of rotatable bonds is 3. The molecule has 0 heterocycles. The average Bonchev–Trinajstić information content (AvgIpc) is 2.58. The summed E-state index contributed by atoms with van der Waals surface area (Å²) in [7, 11) is 0. The zero-order valence-electron chi connectivity index (χ0n) is 14.2. The molecule has 0 amide bonds. The Kier molecular flexibility index (Phi) is 6.09. The van der Waals surface area contributed by atoms with Crippen molar-refractivity contribution in [2.75, 3.05) is 0 Å². The lowest BCUT2D eigenvalue weighted by Crippen LogP contribution is -2.01. The Bertz CT molecular complexity index is 913. The van der Waals surface area contributed by atoms with Crippen LogP contribution in [0.1, 0.15) is 43.4 Å². The molecule has 0 saturated heterocycles. The largest absolute Gasteiger partial charge is 0.270 e. The number of nitriles is 1. The van der Waals surface area contributed by atoms with Crippen molar-refractivity contribution in [3.05, 3.63) is 80.6 Å². The number of hydrogen-bond acceptors (Lipinski definition) is 3. The van der Waals surface area contributed by atoms with Crippen LogP contribution in [-0.4, -0.2) is 4.92 Å². The van der Waals surface area contributed by atoms with Crippen molar-refractivity contribution in [2.45, 2.75) is 26.7 Å². The fraction of sp³-hybridized carbons (Fsp3) is 0.190. The molecule has 0 N–H and O–H groups in total. The minimum Gasteiger partial charge on any atom is -0.258 e. The third kappa shape index (κ3) is 4.34. The molecule has 124 valence electrons. The van der Waals surface area contributed by atoms with E-state index in [1.807, 2.05) is 37.3 Å². The molecule has 1 aliphatic rings. The molecule has 0 aliphatic heterocycles. The number of nitrogens with zero attached hydrogens (tertiary/aromatic N) is 2. The van der Waals surface area contributed by atoms with Crippen molar-refractivity contribution in [3.63, 3.8) is 0 Å². The van der Waals surface area contributed by atoms with Gasteiger partial charge in [0, 0.05) is 17.7 Å². The predicted octanol–water partition coefficient (Wildman–Crippen LogP) is 4.88. The van der Waals surface area contributed by atoms with E-state index in [4.69, 9.17) is 5.26 Å². The van der Waals surface area contributed by atoms with Crippen LogP contribution >= 0.6 is 0 Å². The maximum atomic E-state index is 11.2. The van der Waals surface area contributed by atoms with Gasteiger partial charge in [0.25, 0.3) is 5.70 Å². The lowest BCUT2D eigenvalue weighted by atomic mass is 9.89. The second-order valence-corrected chi connectivity index (χ2v) is 5.45. The quantitative estimate of drug-likeness (QED) is 0.451. The van der Waals surface area contributed by atoms with Crippen molar-refractivity contribution >= 4 is 11.6 Å². The SMILES string of the molecule is CC#CC1=C(\c2ccc(C#N)cc2/C=C/C)CC\C=C/C([N+](=O)[O-])=C\1. The number of hydrogen-bond donors (Lipinski definition) is 0. The summed E-state index contributed by atoms with van der Waals surface area (Å²) < 4.78 is 0. The van der Waals surface area contributed by atoms with Crippen molar-refractivity contribution in [3.8, 4) is 17.9 Å². The van der Waals surface area contributed by atoms with Gasteiger partial charge in [-0.2, -0.15) is 5.26 Å². The fourth-order valence-electron chi connectivity index (χ4n) is 2.71. The smallest absolute Gasteiger partial charge is 0.258 e. The minimum atomic E-state index is -0.400. The third-order valence-corrected chi connectivity index (χ3v) is 3.79. The van der Waals surface area contributed by atoms with Crippen LogP contribution in [0.3, 0.4) is 0 Å². The number of benzene rings is 1. The lowest BCUT2D eigenvalue weighted by Gasteiger charge is -2.14. The molecule has 2 rings (SSSR count). The maximum absolute atomic E-state index is 11.2. The maximum Gasteiger partial charge on any atom is 0.270 e. The molecule has 1 aromatic rings. The first-order valence-corrected chi connectivity index (χ1v) is 7.96. The highest BCUT2D eigenvalue weighted by Crippen LogP contribution is 2.31. The fourth-order valence-corrected chi connectivity index (χ4v) is 2.71. The number of nitro groups is 1. The molecule has 4 nitrogen and oxygen atoms in total. The lowest BCUT2D eigenvalue weighted by molar-refractivity contribution is -0.419. The van der Waals surface area contributed by atoms with E-state index in [0.29, 0.717) is 17.6 Å². The molecule has 4 heteroatoms. The summed E-state index contributed by atoms with van der Waals surface area (Å²) in [5.41, 5.74) is 4.06. The van der Waals surface area contributed by atoms with E-state index < -0.39 is 4.92 Å². The van der Waals surface area contributed by atoms with Gasteiger partial charge in [0.2, 0.25) is 0 Å². The van der Waals surface area contributed by atoms with Gasteiger partial charge in [0.05, 0.1) is 16.6 Å². The van der Waals surface area contributed by atoms with Crippen LogP contribution in [0.4, 0.5) is 0 Å². The summed E-state index contributed by atoms with van der Waals surface area (Å²) in [5, 5.41) is 20.4. The van der Waals surface area contributed by atoms with Gasteiger partial charge in [-0.25, -0.2) is 0 Å². The van der Waals surface area contributed by atoms with Gasteiger partial charge in [-0.15, -0.1) is 5.92 Å². The summed E-state index contributed by atoms with van der Waals surface area (Å²) in [6.45, 7) is 3.63.